The van der Waals surface area contributed by atoms with Crippen LogP contribution in [0.25, 0.3) is 0 Å². The van der Waals surface area contributed by atoms with Gasteiger partial charge < -0.3 is 10.2 Å². The Morgan fingerprint density at radius 3 is 2.47 bits per heavy atom. The van der Waals surface area contributed by atoms with E-state index in [2.05, 4.69) is 31.0 Å². The molecule has 1 aliphatic heterocycles. The van der Waals surface area contributed by atoms with Crippen molar-refractivity contribution < 1.29 is 0 Å². The highest BCUT2D eigenvalue weighted by molar-refractivity contribution is 4.73. The first-order valence-corrected chi connectivity index (χ1v) is 6.65. The van der Waals surface area contributed by atoms with Crippen LogP contribution in [-0.4, -0.2) is 37.6 Å². The van der Waals surface area contributed by atoms with Crippen molar-refractivity contribution in [2.24, 2.45) is 11.8 Å². The molecule has 1 rings (SSSR count). The third-order valence-corrected chi connectivity index (χ3v) is 3.23. The molecule has 15 heavy (non-hydrogen) atoms. The Morgan fingerprint density at radius 1 is 1.27 bits per heavy atom. The van der Waals surface area contributed by atoms with E-state index in [1.54, 1.807) is 0 Å². The number of likely N-dealkylation sites (tertiary alicyclic amines) is 1. The predicted molar refractivity (Wildman–Crippen MR) is 67.2 cm³/mol. The molecule has 90 valence electrons. The van der Waals surface area contributed by atoms with Gasteiger partial charge in [-0.25, -0.2) is 0 Å². The molecule has 0 aromatic carbocycles. The molecule has 0 aromatic heterocycles. The van der Waals surface area contributed by atoms with E-state index in [0.717, 1.165) is 11.8 Å². The lowest BCUT2D eigenvalue weighted by Crippen LogP contribution is -2.38. The summed E-state index contributed by atoms with van der Waals surface area (Å²) in [6, 6.07) is 0. The van der Waals surface area contributed by atoms with Crippen molar-refractivity contribution in [2.75, 3.05) is 32.7 Å². The summed E-state index contributed by atoms with van der Waals surface area (Å²) in [5.74, 6) is 1.71. The van der Waals surface area contributed by atoms with E-state index in [9.17, 15) is 0 Å². The van der Waals surface area contributed by atoms with Gasteiger partial charge in [0.05, 0.1) is 0 Å². The SMILES string of the molecule is CCCN1CCC(CNCC(C)C)CC1. The fraction of sp³-hybridized carbons (Fsp3) is 1.00. The standard InChI is InChI=1S/C13H28N2/c1-4-7-15-8-5-13(6-9-15)11-14-10-12(2)3/h12-14H,4-11H2,1-3H3. The first kappa shape index (κ1) is 13.0. The van der Waals surface area contributed by atoms with Crippen molar-refractivity contribution in [3.05, 3.63) is 0 Å². The van der Waals surface area contributed by atoms with E-state index in [1.165, 1.54) is 52.0 Å². The van der Waals surface area contributed by atoms with E-state index >= 15 is 0 Å². The summed E-state index contributed by atoms with van der Waals surface area (Å²) in [5, 5.41) is 3.58. The van der Waals surface area contributed by atoms with Crippen LogP contribution in [0.4, 0.5) is 0 Å². The van der Waals surface area contributed by atoms with Gasteiger partial charge in [0.1, 0.15) is 0 Å². The fourth-order valence-corrected chi connectivity index (χ4v) is 2.31. The lowest BCUT2D eigenvalue weighted by atomic mass is 9.96. The number of nitrogens with one attached hydrogen (secondary N) is 1. The molecule has 1 aliphatic rings. The molecule has 1 heterocycles. The zero-order valence-corrected chi connectivity index (χ0v) is 10.8. The van der Waals surface area contributed by atoms with E-state index < -0.39 is 0 Å². The van der Waals surface area contributed by atoms with Crippen LogP contribution in [0.1, 0.15) is 40.0 Å². The molecule has 0 aliphatic carbocycles. The highest BCUT2D eigenvalue weighted by Crippen LogP contribution is 2.16. The van der Waals surface area contributed by atoms with Crippen molar-refractivity contribution >= 4 is 0 Å². The highest BCUT2D eigenvalue weighted by Gasteiger charge is 2.17. The summed E-state index contributed by atoms with van der Waals surface area (Å²) in [4.78, 5) is 2.61. The van der Waals surface area contributed by atoms with Gasteiger partial charge in [-0.15, -0.1) is 0 Å². The molecule has 2 nitrogen and oxygen atoms in total. The Morgan fingerprint density at radius 2 is 1.93 bits per heavy atom. The first-order valence-electron chi connectivity index (χ1n) is 6.65. The molecule has 0 bridgehead atoms. The van der Waals surface area contributed by atoms with Gasteiger partial charge in [0, 0.05) is 0 Å². The second-order valence-corrected chi connectivity index (χ2v) is 5.34. The Balaban J connectivity index is 2.04. The summed E-state index contributed by atoms with van der Waals surface area (Å²) in [5.41, 5.74) is 0. The summed E-state index contributed by atoms with van der Waals surface area (Å²) in [7, 11) is 0. The molecular weight excluding hydrogens is 184 g/mol. The van der Waals surface area contributed by atoms with E-state index in [4.69, 9.17) is 0 Å². The molecule has 0 unspecified atom stereocenters. The highest BCUT2D eigenvalue weighted by atomic mass is 15.1. The van der Waals surface area contributed by atoms with Crippen molar-refractivity contribution in [1.82, 2.24) is 10.2 Å². The quantitative estimate of drug-likeness (QED) is 0.727. The Hall–Kier alpha value is -0.0800. The van der Waals surface area contributed by atoms with Gasteiger partial charge >= 0.3 is 0 Å². The van der Waals surface area contributed by atoms with Gasteiger partial charge in [-0.3, -0.25) is 0 Å². The molecular formula is C13H28N2. The van der Waals surface area contributed by atoms with Crippen LogP contribution in [0.15, 0.2) is 0 Å². The molecule has 1 fully saturated rings. The van der Waals surface area contributed by atoms with Crippen LogP contribution in [0.5, 0.6) is 0 Å². The molecule has 0 amide bonds. The summed E-state index contributed by atoms with van der Waals surface area (Å²) in [6.07, 6.45) is 4.09. The molecule has 0 radical (unpaired) electrons. The van der Waals surface area contributed by atoms with Crippen molar-refractivity contribution in [3.8, 4) is 0 Å². The second-order valence-electron chi connectivity index (χ2n) is 5.34. The second kappa shape index (κ2) is 7.24. The number of piperidine rings is 1. The van der Waals surface area contributed by atoms with Crippen LogP contribution in [0.2, 0.25) is 0 Å². The summed E-state index contributed by atoms with van der Waals surface area (Å²) >= 11 is 0. The van der Waals surface area contributed by atoms with E-state index in [1.807, 2.05) is 0 Å². The molecule has 2 heteroatoms. The first-order chi connectivity index (χ1) is 7.22. The third-order valence-electron chi connectivity index (χ3n) is 3.23. The van der Waals surface area contributed by atoms with Crippen LogP contribution in [0.3, 0.4) is 0 Å². The minimum absolute atomic E-state index is 0.783. The van der Waals surface area contributed by atoms with Crippen LogP contribution < -0.4 is 5.32 Å². The van der Waals surface area contributed by atoms with Gasteiger partial charge in [0.15, 0.2) is 0 Å². The maximum Gasteiger partial charge on any atom is -0.00156 e. The van der Waals surface area contributed by atoms with E-state index in [-0.39, 0.29) is 0 Å². The van der Waals surface area contributed by atoms with Gasteiger partial charge in [-0.05, 0) is 63.8 Å². The Bertz CT molecular complexity index is 149. The van der Waals surface area contributed by atoms with Gasteiger partial charge in [0.25, 0.3) is 0 Å². The monoisotopic (exact) mass is 212 g/mol. The Labute approximate surface area is 95.4 Å². The maximum atomic E-state index is 3.58. The lowest BCUT2D eigenvalue weighted by molar-refractivity contribution is 0.182. The minimum Gasteiger partial charge on any atom is -0.316 e. The zero-order chi connectivity index (χ0) is 11.1. The zero-order valence-electron chi connectivity index (χ0n) is 10.8. The van der Waals surface area contributed by atoms with Crippen LogP contribution in [-0.2, 0) is 0 Å². The third kappa shape index (κ3) is 5.53. The van der Waals surface area contributed by atoms with Crippen LogP contribution in [0, 0.1) is 11.8 Å². The topological polar surface area (TPSA) is 15.3 Å². The molecule has 0 atom stereocenters. The Kier molecular flexibility index (Phi) is 6.26. The fourth-order valence-electron chi connectivity index (χ4n) is 2.31. The minimum atomic E-state index is 0.783. The lowest BCUT2D eigenvalue weighted by Gasteiger charge is -2.31. The largest absolute Gasteiger partial charge is 0.316 e. The molecule has 0 saturated carbocycles. The molecule has 1 N–H and O–H groups in total. The number of rotatable bonds is 6. The summed E-state index contributed by atoms with van der Waals surface area (Å²) in [6.45, 7) is 13.2. The van der Waals surface area contributed by atoms with Gasteiger partial charge in [0.2, 0.25) is 0 Å². The molecule has 1 saturated heterocycles. The number of hydrogen-bond acceptors (Lipinski definition) is 2. The average molecular weight is 212 g/mol. The maximum absolute atomic E-state index is 3.58. The summed E-state index contributed by atoms with van der Waals surface area (Å²) < 4.78 is 0. The molecule has 0 aromatic rings. The average Bonchev–Trinajstić information content (AvgIpc) is 2.20. The predicted octanol–water partition coefficient (Wildman–Crippen LogP) is 2.35. The van der Waals surface area contributed by atoms with Gasteiger partial charge in [-0.2, -0.15) is 0 Å². The van der Waals surface area contributed by atoms with Crippen molar-refractivity contribution in [3.63, 3.8) is 0 Å². The van der Waals surface area contributed by atoms with Crippen molar-refractivity contribution in [1.29, 1.82) is 0 Å². The van der Waals surface area contributed by atoms with Gasteiger partial charge in [-0.1, -0.05) is 20.8 Å². The number of hydrogen-bond donors (Lipinski definition) is 1. The smallest absolute Gasteiger partial charge is 0.00156 e. The van der Waals surface area contributed by atoms with Crippen LogP contribution >= 0.6 is 0 Å². The molecule has 0 spiro atoms. The van der Waals surface area contributed by atoms with Crippen molar-refractivity contribution in [2.45, 2.75) is 40.0 Å². The number of nitrogens with zero attached hydrogens (tertiary/aromatic N) is 1. The normalized spacial score (nSPS) is 20.0. The van der Waals surface area contributed by atoms with E-state index in [0.29, 0.717) is 0 Å².